The van der Waals surface area contributed by atoms with Crippen molar-refractivity contribution >= 4 is 33.4 Å². The van der Waals surface area contributed by atoms with Gasteiger partial charge in [0, 0.05) is 40.9 Å². The highest BCUT2D eigenvalue weighted by Gasteiger charge is 2.17. The Morgan fingerprint density at radius 1 is 0.800 bits per heavy atom. The molecule has 5 rings (SSSR count). The highest BCUT2D eigenvalue weighted by atomic mass is 16.1. The smallest absolute Gasteiger partial charge is 0.272 e. The van der Waals surface area contributed by atoms with Gasteiger partial charge < -0.3 is 14.5 Å². The van der Waals surface area contributed by atoms with Gasteiger partial charge in [0.15, 0.2) is 0 Å². The second-order valence-corrected chi connectivity index (χ2v) is 7.85. The number of anilines is 1. The molecule has 2 aromatic heterocycles. The summed E-state index contributed by atoms with van der Waals surface area (Å²) in [5, 5.41) is 5.23. The van der Waals surface area contributed by atoms with Crippen LogP contribution in [0.25, 0.3) is 27.5 Å². The van der Waals surface area contributed by atoms with Gasteiger partial charge in [-0.2, -0.15) is 0 Å². The number of benzene rings is 3. The maximum Gasteiger partial charge on any atom is 0.272 e. The van der Waals surface area contributed by atoms with E-state index in [0.29, 0.717) is 5.69 Å². The van der Waals surface area contributed by atoms with Crippen LogP contribution >= 0.6 is 0 Å². The molecule has 0 spiro atoms. The number of amides is 1. The number of hydrogen-bond acceptors (Lipinski definition) is 1. The molecule has 1 N–H and O–H groups in total. The predicted octanol–water partition coefficient (Wildman–Crippen LogP) is 5.99. The lowest BCUT2D eigenvalue weighted by molar-refractivity contribution is 0.102. The largest absolute Gasteiger partial charge is 0.351 e. The summed E-state index contributed by atoms with van der Waals surface area (Å²) in [5.74, 6) is -0.125. The highest BCUT2D eigenvalue weighted by Crippen LogP contribution is 2.27. The second-order valence-electron chi connectivity index (χ2n) is 7.85. The fourth-order valence-electron chi connectivity index (χ4n) is 4.02. The van der Waals surface area contributed by atoms with Crippen molar-refractivity contribution in [3.63, 3.8) is 0 Å². The van der Waals surface area contributed by atoms with Gasteiger partial charge in [0.1, 0.15) is 5.69 Å². The lowest BCUT2D eigenvalue weighted by Crippen LogP contribution is -2.16. The Balaban J connectivity index is 1.60. The molecule has 4 heteroatoms. The van der Waals surface area contributed by atoms with Gasteiger partial charge in [-0.3, -0.25) is 4.79 Å². The van der Waals surface area contributed by atoms with Crippen LogP contribution in [0.4, 0.5) is 5.69 Å². The molecule has 0 fully saturated rings. The molecule has 0 saturated heterocycles. The Labute approximate surface area is 175 Å². The van der Waals surface area contributed by atoms with Gasteiger partial charge in [-0.25, -0.2) is 0 Å². The van der Waals surface area contributed by atoms with Crippen LogP contribution in [0.1, 0.15) is 21.6 Å². The Bertz CT molecular complexity index is 1420. The summed E-state index contributed by atoms with van der Waals surface area (Å²) in [6.45, 7) is 4.19. The van der Waals surface area contributed by atoms with E-state index in [1.807, 2.05) is 60.3 Å². The molecule has 0 unspecified atom stereocenters. The molecule has 30 heavy (non-hydrogen) atoms. The first-order valence-corrected chi connectivity index (χ1v) is 10.1. The summed E-state index contributed by atoms with van der Waals surface area (Å²) >= 11 is 0. The molecule has 0 radical (unpaired) electrons. The van der Waals surface area contributed by atoms with Crippen molar-refractivity contribution in [2.75, 3.05) is 5.32 Å². The minimum atomic E-state index is -0.125. The zero-order chi connectivity index (χ0) is 20.8. The maximum absolute atomic E-state index is 13.3. The molecule has 148 valence electrons. The molecule has 1 amide bonds. The van der Waals surface area contributed by atoms with Crippen LogP contribution in [-0.4, -0.2) is 15.0 Å². The number of aromatic nitrogens is 2. The van der Waals surface area contributed by atoms with Gasteiger partial charge in [0.2, 0.25) is 0 Å². The fraction of sp³-hybridized carbons (Fsp3) is 0.115. The number of aryl methyl sites for hydroxylation is 3. The van der Waals surface area contributed by atoms with Crippen molar-refractivity contribution < 1.29 is 4.79 Å². The summed E-state index contributed by atoms with van der Waals surface area (Å²) in [4.78, 5) is 13.3. The van der Waals surface area contributed by atoms with Crippen molar-refractivity contribution in [2.24, 2.45) is 7.05 Å². The molecule has 0 bridgehead atoms. The van der Waals surface area contributed by atoms with E-state index in [0.717, 1.165) is 33.2 Å². The van der Waals surface area contributed by atoms with Gasteiger partial charge in [-0.15, -0.1) is 0 Å². The van der Waals surface area contributed by atoms with Gasteiger partial charge in [0.05, 0.1) is 5.52 Å². The Kier molecular flexibility index (Phi) is 4.21. The van der Waals surface area contributed by atoms with Crippen molar-refractivity contribution in [2.45, 2.75) is 13.8 Å². The van der Waals surface area contributed by atoms with E-state index in [2.05, 4.69) is 54.1 Å². The Hall–Kier alpha value is -3.79. The van der Waals surface area contributed by atoms with Crippen LogP contribution in [0.15, 0.2) is 79.0 Å². The van der Waals surface area contributed by atoms with Gasteiger partial charge in [-0.05, 0) is 73.5 Å². The summed E-state index contributed by atoms with van der Waals surface area (Å²) in [7, 11) is 2.02. The Morgan fingerprint density at radius 3 is 2.43 bits per heavy atom. The maximum atomic E-state index is 13.3. The molecule has 0 saturated carbocycles. The summed E-state index contributed by atoms with van der Waals surface area (Å²) in [5.41, 5.74) is 6.98. The number of carbonyl (C=O) groups is 1. The average Bonchev–Trinajstić information content (AvgIpc) is 3.31. The number of hydrogen-bond donors (Lipinski definition) is 1. The van der Waals surface area contributed by atoms with Crippen LogP contribution in [0.5, 0.6) is 0 Å². The van der Waals surface area contributed by atoms with E-state index in [1.54, 1.807) is 0 Å². The van der Waals surface area contributed by atoms with Gasteiger partial charge >= 0.3 is 0 Å². The van der Waals surface area contributed by atoms with Crippen LogP contribution in [0.3, 0.4) is 0 Å². The molecule has 0 atom stereocenters. The normalized spacial score (nSPS) is 11.3. The van der Waals surface area contributed by atoms with Crippen molar-refractivity contribution in [3.8, 4) is 5.69 Å². The summed E-state index contributed by atoms with van der Waals surface area (Å²) in [6.07, 6.45) is 2.02. The van der Waals surface area contributed by atoms with Crippen LogP contribution in [0.2, 0.25) is 0 Å². The lowest BCUT2D eigenvalue weighted by Gasteiger charge is -2.13. The van der Waals surface area contributed by atoms with E-state index >= 15 is 0 Å². The minimum absolute atomic E-state index is 0.125. The molecular weight excluding hydrogens is 370 g/mol. The first kappa shape index (κ1) is 18.3. The Morgan fingerprint density at radius 2 is 1.60 bits per heavy atom. The van der Waals surface area contributed by atoms with Crippen molar-refractivity contribution in [1.82, 2.24) is 9.13 Å². The minimum Gasteiger partial charge on any atom is -0.351 e. The molecule has 4 nitrogen and oxygen atoms in total. The van der Waals surface area contributed by atoms with E-state index in [1.165, 1.54) is 11.1 Å². The van der Waals surface area contributed by atoms with E-state index in [-0.39, 0.29) is 5.91 Å². The third-order valence-corrected chi connectivity index (χ3v) is 5.84. The van der Waals surface area contributed by atoms with Crippen LogP contribution in [0, 0.1) is 13.8 Å². The third kappa shape index (κ3) is 2.98. The number of nitrogens with one attached hydrogen (secondary N) is 1. The first-order chi connectivity index (χ1) is 14.5. The fourth-order valence-corrected chi connectivity index (χ4v) is 4.02. The van der Waals surface area contributed by atoms with Gasteiger partial charge in [-0.1, -0.05) is 24.3 Å². The molecule has 0 aliphatic heterocycles. The third-order valence-electron chi connectivity index (χ3n) is 5.84. The monoisotopic (exact) mass is 393 g/mol. The van der Waals surface area contributed by atoms with Crippen molar-refractivity contribution in [3.05, 3.63) is 95.8 Å². The molecule has 3 aromatic carbocycles. The van der Waals surface area contributed by atoms with E-state index in [4.69, 9.17) is 0 Å². The van der Waals surface area contributed by atoms with Crippen molar-refractivity contribution in [1.29, 1.82) is 0 Å². The molecule has 0 aliphatic carbocycles. The molecular formula is C26H23N3O. The number of para-hydroxylation sites is 1. The zero-order valence-electron chi connectivity index (χ0n) is 17.3. The SMILES string of the molecule is Cc1ccc(-n2c(C(=O)Nc3ccc4c(ccn4C)c3)cc3ccccc32)cc1C. The number of carbonyl (C=O) groups excluding carboxylic acids is 1. The highest BCUT2D eigenvalue weighted by molar-refractivity contribution is 6.07. The second kappa shape index (κ2) is 6.92. The van der Waals surface area contributed by atoms with Gasteiger partial charge in [0.25, 0.3) is 5.91 Å². The quantitative estimate of drug-likeness (QED) is 0.402. The molecule has 5 aromatic rings. The number of nitrogens with zero attached hydrogens (tertiary/aromatic N) is 2. The van der Waals surface area contributed by atoms with Crippen LogP contribution < -0.4 is 5.32 Å². The molecule has 2 heterocycles. The van der Waals surface area contributed by atoms with Crippen LogP contribution in [-0.2, 0) is 7.05 Å². The molecule has 0 aliphatic rings. The predicted molar refractivity (Wildman–Crippen MR) is 124 cm³/mol. The first-order valence-electron chi connectivity index (χ1n) is 10.1. The summed E-state index contributed by atoms with van der Waals surface area (Å²) < 4.78 is 4.11. The average molecular weight is 393 g/mol. The van der Waals surface area contributed by atoms with E-state index < -0.39 is 0 Å². The summed E-state index contributed by atoms with van der Waals surface area (Å²) in [6, 6.07) is 24.4. The van der Waals surface area contributed by atoms with E-state index in [9.17, 15) is 4.79 Å². The lowest BCUT2D eigenvalue weighted by atomic mass is 10.1. The topological polar surface area (TPSA) is 39.0 Å². The number of fused-ring (bicyclic) bond motifs is 2. The standard InChI is InChI=1S/C26H23N3O/c1-17-8-10-22(14-18(17)2)29-24-7-5-4-6-19(24)16-25(29)26(30)27-21-9-11-23-20(15-21)12-13-28(23)3/h4-16H,1-3H3,(H,27,30). The number of rotatable bonds is 3. The zero-order valence-corrected chi connectivity index (χ0v) is 17.3.